The minimum absolute atomic E-state index is 0. The molecule has 1 unspecified atom stereocenters. The van der Waals surface area contributed by atoms with Crippen LogP contribution in [0, 0.1) is 5.41 Å². The molecule has 0 spiro atoms. The number of nitrogens with two attached hydrogens (primary N) is 1. The molecular weight excluding hydrogens is 374 g/mol. The van der Waals surface area contributed by atoms with Crippen molar-refractivity contribution in [2.45, 2.75) is 32.9 Å². The lowest BCUT2D eigenvalue weighted by Crippen LogP contribution is -2.54. The van der Waals surface area contributed by atoms with Crippen molar-refractivity contribution in [3.8, 4) is 0 Å². The highest BCUT2D eigenvalue weighted by molar-refractivity contribution is 8.14. The number of carbonyl (C=O) groups excluding carboxylic acids is 3. The van der Waals surface area contributed by atoms with Gasteiger partial charge in [-0.25, -0.2) is 0 Å². The molecule has 2 saturated heterocycles. The molecular formula is C18H24ClN3O3S. The summed E-state index contributed by atoms with van der Waals surface area (Å²) in [6.45, 7) is 5.64. The molecule has 1 aromatic rings. The maximum Gasteiger partial charge on any atom is 0.289 e. The van der Waals surface area contributed by atoms with E-state index >= 15 is 0 Å². The van der Waals surface area contributed by atoms with Crippen molar-refractivity contribution in [1.29, 1.82) is 0 Å². The molecule has 0 radical (unpaired) electrons. The first kappa shape index (κ1) is 20.7. The average Bonchev–Trinajstić information content (AvgIpc) is 2.89. The van der Waals surface area contributed by atoms with Crippen LogP contribution in [0.4, 0.5) is 4.79 Å². The molecule has 2 N–H and O–H groups in total. The maximum atomic E-state index is 12.8. The van der Waals surface area contributed by atoms with Crippen LogP contribution < -0.4 is 5.73 Å². The SMILES string of the molecule is CC1(C)CN(C(=O)c2cccc(CN3C(=O)CSC3=O)c2)CCC1N.Cl. The zero-order chi connectivity index (χ0) is 18.2. The fraction of sp³-hybridized carbons (Fsp3) is 0.500. The summed E-state index contributed by atoms with van der Waals surface area (Å²) >= 11 is 1.02. The zero-order valence-corrected chi connectivity index (χ0v) is 16.6. The molecule has 1 aromatic carbocycles. The van der Waals surface area contributed by atoms with Gasteiger partial charge in [-0.3, -0.25) is 19.3 Å². The molecule has 2 aliphatic rings. The third-order valence-corrected chi connectivity index (χ3v) is 5.81. The molecule has 1 atom stereocenters. The molecule has 0 bridgehead atoms. The molecule has 0 saturated carbocycles. The van der Waals surface area contributed by atoms with Crippen LogP contribution in [0.25, 0.3) is 0 Å². The van der Waals surface area contributed by atoms with E-state index in [9.17, 15) is 14.4 Å². The topological polar surface area (TPSA) is 83.7 Å². The van der Waals surface area contributed by atoms with Crippen LogP contribution >= 0.6 is 24.2 Å². The minimum atomic E-state index is -0.228. The first-order chi connectivity index (χ1) is 11.8. The van der Waals surface area contributed by atoms with Crippen molar-refractivity contribution >= 4 is 41.2 Å². The third-order valence-electron chi connectivity index (χ3n) is 4.95. The number of hydrogen-bond donors (Lipinski definition) is 1. The van der Waals surface area contributed by atoms with Crippen molar-refractivity contribution in [2.75, 3.05) is 18.8 Å². The molecule has 2 fully saturated rings. The van der Waals surface area contributed by atoms with Crippen molar-refractivity contribution in [2.24, 2.45) is 11.1 Å². The first-order valence-corrected chi connectivity index (χ1v) is 9.37. The first-order valence-electron chi connectivity index (χ1n) is 8.39. The third kappa shape index (κ3) is 4.22. The van der Waals surface area contributed by atoms with Gasteiger partial charge in [0, 0.05) is 24.7 Å². The number of benzene rings is 1. The Morgan fingerprint density at radius 2 is 2.08 bits per heavy atom. The number of halogens is 1. The van der Waals surface area contributed by atoms with E-state index in [-0.39, 0.29) is 53.2 Å². The van der Waals surface area contributed by atoms with Gasteiger partial charge < -0.3 is 10.6 Å². The Balaban J connectivity index is 0.00000243. The van der Waals surface area contributed by atoms with Gasteiger partial charge in [0.1, 0.15) is 0 Å². The largest absolute Gasteiger partial charge is 0.338 e. The van der Waals surface area contributed by atoms with Crippen molar-refractivity contribution in [3.63, 3.8) is 0 Å². The number of carbonyl (C=O) groups is 3. The molecule has 2 heterocycles. The second-order valence-electron chi connectivity index (χ2n) is 7.35. The standard InChI is InChI=1S/C18H23N3O3S.ClH/c1-18(2)11-20(7-6-14(18)19)16(23)13-5-3-4-12(8-13)9-21-15(22)10-25-17(21)24;/h3-5,8,14H,6-7,9-11,19H2,1-2H3;1H. The highest BCUT2D eigenvalue weighted by Crippen LogP contribution is 2.29. The maximum absolute atomic E-state index is 12.8. The van der Waals surface area contributed by atoms with E-state index in [0.29, 0.717) is 18.7 Å². The molecule has 8 heteroatoms. The predicted molar refractivity (Wildman–Crippen MR) is 104 cm³/mol. The van der Waals surface area contributed by atoms with Gasteiger partial charge >= 0.3 is 0 Å². The predicted octanol–water partition coefficient (Wildman–Crippen LogP) is 2.50. The average molecular weight is 398 g/mol. The van der Waals surface area contributed by atoms with Crippen LogP contribution in [0.15, 0.2) is 24.3 Å². The Morgan fingerprint density at radius 1 is 1.35 bits per heavy atom. The number of thioether (sulfide) groups is 1. The lowest BCUT2D eigenvalue weighted by Gasteiger charge is -2.42. The van der Waals surface area contributed by atoms with Crippen molar-refractivity contribution < 1.29 is 14.4 Å². The van der Waals surface area contributed by atoms with Crippen LogP contribution in [0.5, 0.6) is 0 Å². The van der Waals surface area contributed by atoms with E-state index in [1.807, 2.05) is 11.0 Å². The van der Waals surface area contributed by atoms with E-state index in [1.165, 1.54) is 4.90 Å². The zero-order valence-electron chi connectivity index (χ0n) is 14.9. The van der Waals surface area contributed by atoms with Gasteiger partial charge in [0.2, 0.25) is 5.91 Å². The fourth-order valence-electron chi connectivity index (χ4n) is 3.25. The molecule has 0 aromatic heterocycles. The highest BCUT2D eigenvalue weighted by atomic mass is 35.5. The second-order valence-corrected chi connectivity index (χ2v) is 8.27. The van der Waals surface area contributed by atoms with Gasteiger partial charge in [0.05, 0.1) is 12.3 Å². The number of rotatable bonds is 3. The summed E-state index contributed by atoms with van der Waals surface area (Å²) < 4.78 is 0. The number of amides is 3. The molecule has 26 heavy (non-hydrogen) atoms. The van der Waals surface area contributed by atoms with Crippen LogP contribution in [0.2, 0.25) is 0 Å². The van der Waals surface area contributed by atoms with Crippen molar-refractivity contribution in [1.82, 2.24) is 9.80 Å². The molecule has 3 amide bonds. The minimum Gasteiger partial charge on any atom is -0.338 e. The van der Waals surface area contributed by atoms with Gasteiger partial charge in [-0.1, -0.05) is 37.7 Å². The summed E-state index contributed by atoms with van der Waals surface area (Å²) in [7, 11) is 0. The van der Waals surface area contributed by atoms with Crippen LogP contribution in [-0.2, 0) is 11.3 Å². The lowest BCUT2D eigenvalue weighted by molar-refractivity contribution is -0.125. The number of likely N-dealkylation sites (tertiary alicyclic amines) is 1. The summed E-state index contributed by atoms with van der Waals surface area (Å²) in [5.41, 5.74) is 7.39. The summed E-state index contributed by atoms with van der Waals surface area (Å²) in [4.78, 5) is 39.4. The molecule has 3 rings (SSSR count). The lowest BCUT2D eigenvalue weighted by atomic mass is 9.79. The summed E-state index contributed by atoms with van der Waals surface area (Å²) in [6, 6.07) is 7.26. The summed E-state index contributed by atoms with van der Waals surface area (Å²) in [5.74, 6) is -0.0191. The Hall–Kier alpha value is -1.57. The quantitative estimate of drug-likeness (QED) is 0.847. The van der Waals surface area contributed by atoms with E-state index in [4.69, 9.17) is 5.73 Å². The van der Waals surface area contributed by atoms with E-state index in [2.05, 4.69) is 13.8 Å². The van der Waals surface area contributed by atoms with E-state index in [1.54, 1.807) is 18.2 Å². The molecule has 0 aliphatic carbocycles. The highest BCUT2D eigenvalue weighted by Gasteiger charge is 2.35. The normalized spacial score (nSPS) is 22.3. The van der Waals surface area contributed by atoms with Gasteiger partial charge in [0.25, 0.3) is 11.1 Å². The fourth-order valence-corrected chi connectivity index (χ4v) is 3.97. The van der Waals surface area contributed by atoms with Crippen LogP contribution in [-0.4, -0.2) is 51.7 Å². The van der Waals surface area contributed by atoms with Crippen molar-refractivity contribution in [3.05, 3.63) is 35.4 Å². The number of hydrogen-bond acceptors (Lipinski definition) is 5. The summed E-state index contributed by atoms with van der Waals surface area (Å²) in [5, 5.41) is -0.228. The second kappa shape index (κ2) is 7.98. The van der Waals surface area contributed by atoms with Gasteiger partial charge in [-0.05, 0) is 29.5 Å². The Kier molecular flexibility index (Phi) is 6.37. The van der Waals surface area contributed by atoms with E-state index < -0.39 is 0 Å². The van der Waals surface area contributed by atoms with Gasteiger partial charge in [-0.15, -0.1) is 12.4 Å². The van der Waals surface area contributed by atoms with Crippen LogP contribution in [0.1, 0.15) is 36.2 Å². The smallest absolute Gasteiger partial charge is 0.289 e. The monoisotopic (exact) mass is 397 g/mol. The van der Waals surface area contributed by atoms with Crippen LogP contribution in [0.3, 0.4) is 0 Å². The number of piperidine rings is 1. The Morgan fingerprint density at radius 3 is 2.69 bits per heavy atom. The van der Waals surface area contributed by atoms with E-state index in [0.717, 1.165) is 23.7 Å². The van der Waals surface area contributed by atoms with Gasteiger partial charge in [0.15, 0.2) is 0 Å². The Labute approximate surface area is 163 Å². The number of imide groups is 1. The van der Waals surface area contributed by atoms with Gasteiger partial charge in [-0.2, -0.15) is 0 Å². The summed E-state index contributed by atoms with van der Waals surface area (Å²) in [6.07, 6.45) is 0.784. The molecule has 142 valence electrons. The molecule has 2 aliphatic heterocycles. The number of nitrogens with zero attached hydrogens (tertiary/aromatic N) is 2. The Bertz CT molecular complexity index is 709. The molecule has 6 nitrogen and oxygen atoms in total.